The van der Waals surface area contributed by atoms with E-state index >= 15 is 0 Å². The number of amides is 1. The van der Waals surface area contributed by atoms with E-state index in [1.807, 2.05) is 11.8 Å². The van der Waals surface area contributed by atoms with Gasteiger partial charge in [0.15, 0.2) is 0 Å². The Bertz CT molecular complexity index is 169. The van der Waals surface area contributed by atoms with E-state index in [0.29, 0.717) is 0 Å². The molecule has 0 aromatic heterocycles. The van der Waals surface area contributed by atoms with Gasteiger partial charge in [-0.15, -0.1) is 0 Å². The van der Waals surface area contributed by atoms with E-state index < -0.39 is 0 Å². The van der Waals surface area contributed by atoms with Gasteiger partial charge in [-0.2, -0.15) is 0 Å². The molecule has 0 aliphatic rings. The highest BCUT2D eigenvalue weighted by Crippen LogP contribution is 2.05. The fourth-order valence-electron chi connectivity index (χ4n) is 1.23. The summed E-state index contributed by atoms with van der Waals surface area (Å²) >= 11 is 0. The van der Waals surface area contributed by atoms with Gasteiger partial charge < -0.3 is 4.90 Å². The Balaban J connectivity index is 4.18. The summed E-state index contributed by atoms with van der Waals surface area (Å²) in [5.74, 6) is 0.131. The van der Waals surface area contributed by atoms with Crippen molar-refractivity contribution < 1.29 is 4.79 Å². The predicted molar refractivity (Wildman–Crippen MR) is 56.6 cm³/mol. The highest BCUT2D eigenvalue weighted by molar-refractivity contribution is 5.92. The van der Waals surface area contributed by atoms with Crippen LogP contribution in [0.15, 0.2) is 12.2 Å². The van der Waals surface area contributed by atoms with Crippen molar-refractivity contribution in [2.45, 2.75) is 40.0 Å². The average Bonchev–Trinajstić information content (AvgIpc) is 2.15. The van der Waals surface area contributed by atoms with Crippen molar-refractivity contribution in [1.82, 2.24) is 4.90 Å². The van der Waals surface area contributed by atoms with Gasteiger partial charge >= 0.3 is 0 Å². The molecule has 2 heteroatoms. The molecular formula is C11H21NO. The van der Waals surface area contributed by atoms with Crippen LogP contribution in [0, 0.1) is 0 Å². The van der Waals surface area contributed by atoms with Gasteiger partial charge in [0.1, 0.15) is 0 Å². The lowest BCUT2D eigenvalue weighted by Gasteiger charge is -2.21. The fourth-order valence-corrected chi connectivity index (χ4v) is 1.23. The number of carbonyl (C=O) groups is 1. The predicted octanol–water partition coefficient (Wildman–Crippen LogP) is 2.60. The molecule has 0 radical (unpaired) electrons. The second-order valence-electron chi connectivity index (χ2n) is 3.25. The Kier molecular flexibility index (Phi) is 6.29. The van der Waals surface area contributed by atoms with E-state index in [1.165, 1.54) is 0 Å². The molecule has 0 aliphatic carbocycles. The Morgan fingerprint density at radius 3 is 1.92 bits per heavy atom. The summed E-state index contributed by atoms with van der Waals surface area (Å²) in [7, 11) is 0. The molecule has 0 rings (SSSR count). The zero-order chi connectivity index (χ0) is 10.3. The molecule has 76 valence electrons. The lowest BCUT2D eigenvalue weighted by molar-refractivity contribution is -0.127. The van der Waals surface area contributed by atoms with Crippen LogP contribution in [0.1, 0.15) is 40.0 Å². The Labute approximate surface area is 81.6 Å². The molecule has 0 saturated carbocycles. The molecule has 0 unspecified atom stereocenters. The van der Waals surface area contributed by atoms with Crippen molar-refractivity contribution in [3.63, 3.8) is 0 Å². The SMILES string of the molecule is C=C(CC)C(=O)N(CCC)CCC. The van der Waals surface area contributed by atoms with Crippen LogP contribution in [0.3, 0.4) is 0 Å². The molecule has 0 aromatic carbocycles. The minimum atomic E-state index is 0.131. The molecule has 0 aliphatic heterocycles. The van der Waals surface area contributed by atoms with Gasteiger partial charge in [0.25, 0.3) is 0 Å². The van der Waals surface area contributed by atoms with Crippen LogP contribution in [0.5, 0.6) is 0 Å². The molecule has 0 saturated heterocycles. The number of carbonyl (C=O) groups excluding carboxylic acids is 1. The number of hydrogen-bond donors (Lipinski definition) is 0. The molecule has 0 heterocycles. The normalized spacial score (nSPS) is 9.77. The highest BCUT2D eigenvalue weighted by Gasteiger charge is 2.12. The van der Waals surface area contributed by atoms with Crippen LogP contribution >= 0.6 is 0 Å². The lowest BCUT2D eigenvalue weighted by Crippen LogP contribution is -2.33. The summed E-state index contributed by atoms with van der Waals surface area (Å²) in [6.45, 7) is 11.6. The highest BCUT2D eigenvalue weighted by atomic mass is 16.2. The summed E-state index contributed by atoms with van der Waals surface area (Å²) in [5.41, 5.74) is 0.724. The maximum atomic E-state index is 11.7. The van der Waals surface area contributed by atoms with Crippen molar-refractivity contribution in [3.05, 3.63) is 12.2 Å². The van der Waals surface area contributed by atoms with E-state index in [9.17, 15) is 4.79 Å². The molecule has 0 N–H and O–H groups in total. The maximum absolute atomic E-state index is 11.7. The molecule has 2 nitrogen and oxygen atoms in total. The average molecular weight is 183 g/mol. The summed E-state index contributed by atoms with van der Waals surface area (Å²) in [4.78, 5) is 13.6. The van der Waals surface area contributed by atoms with Crippen LogP contribution < -0.4 is 0 Å². The van der Waals surface area contributed by atoms with Crippen molar-refractivity contribution in [2.75, 3.05) is 13.1 Å². The summed E-state index contributed by atoms with van der Waals surface area (Å²) < 4.78 is 0. The number of rotatable bonds is 6. The van der Waals surface area contributed by atoms with E-state index in [2.05, 4.69) is 20.4 Å². The van der Waals surface area contributed by atoms with Crippen LogP contribution in [-0.2, 0) is 4.79 Å². The molecule has 0 spiro atoms. The largest absolute Gasteiger partial charge is 0.339 e. The molecular weight excluding hydrogens is 162 g/mol. The smallest absolute Gasteiger partial charge is 0.249 e. The van der Waals surface area contributed by atoms with Crippen LogP contribution in [0.25, 0.3) is 0 Å². The quantitative estimate of drug-likeness (QED) is 0.580. The molecule has 13 heavy (non-hydrogen) atoms. The fraction of sp³-hybridized carbons (Fsp3) is 0.727. The van der Waals surface area contributed by atoms with Gasteiger partial charge in [-0.3, -0.25) is 4.79 Å². The van der Waals surface area contributed by atoms with Crippen LogP contribution in [0.4, 0.5) is 0 Å². The van der Waals surface area contributed by atoms with Gasteiger partial charge in [0.05, 0.1) is 0 Å². The first-order valence-electron chi connectivity index (χ1n) is 5.14. The van der Waals surface area contributed by atoms with E-state index in [1.54, 1.807) is 0 Å². The standard InChI is InChI=1S/C11H21NO/c1-5-8-12(9-6-2)11(13)10(4)7-3/h4-9H2,1-3H3. The first kappa shape index (κ1) is 12.2. The van der Waals surface area contributed by atoms with Gasteiger partial charge in [0, 0.05) is 18.7 Å². The third kappa shape index (κ3) is 4.11. The van der Waals surface area contributed by atoms with Crippen molar-refractivity contribution in [2.24, 2.45) is 0 Å². The lowest BCUT2D eigenvalue weighted by atomic mass is 10.2. The molecule has 1 amide bonds. The van der Waals surface area contributed by atoms with Gasteiger partial charge in [-0.25, -0.2) is 0 Å². The monoisotopic (exact) mass is 183 g/mol. The zero-order valence-corrected chi connectivity index (χ0v) is 9.10. The minimum Gasteiger partial charge on any atom is -0.339 e. The summed E-state index contributed by atoms with van der Waals surface area (Å²) in [6, 6.07) is 0. The first-order chi connectivity index (χ1) is 6.17. The number of nitrogens with zero attached hydrogens (tertiary/aromatic N) is 1. The van der Waals surface area contributed by atoms with E-state index in [-0.39, 0.29) is 5.91 Å². The topological polar surface area (TPSA) is 20.3 Å². The third-order valence-electron chi connectivity index (χ3n) is 2.00. The van der Waals surface area contributed by atoms with E-state index in [0.717, 1.165) is 37.9 Å². The Hall–Kier alpha value is -0.790. The van der Waals surface area contributed by atoms with Gasteiger partial charge in [0.2, 0.25) is 5.91 Å². The molecule has 0 atom stereocenters. The summed E-state index contributed by atoms with van der Waals surface area (Å²) in [6.07, 6.45) is 2.79. The Morgan fingerprint density at radius 1 is 1.15 bits per heavy atom. The van der Waals surface area contributed by atoms with Crippen molar-refractivity contribution in [3.8, 4) is 0 Å². The van der Waals surface area contributed by atoms with Crippen LogP contribution in [0.2, 0.25) is 0 Å². The van der Waals surface area contributed by atoms with Gasteiger partial charge in [-0.05, 0) is 19.3 Å². The van der Waals surface area contributed by atoms with Crippen molar-refractivity contribution >= 4 is 5.91 Å². The number of hydrogen-bond acceptors (Lipinski definition) is 1. The molecule has 0 fully saturated rings. The maximum Gasteiger partial charge on any atom is 0.249 e. The van der Waals surface area contributed by atoms with Gasteiger partial charge in [-0.1, -0.05) is 27.4 Å². The van der Waals surface area contributed by atoms with E-state index in [4.69, 9.17) is 0 Å². The first-order valence-corrected chi connectivity index (χ1v) is 5.14. The minimum absolute atomic E-state index is 0.131. The second-order valence-corrected chi connectivity index (χ2v) is 3.25. The Morgan fingerprint density at radius 2 is 1.62 bits per heavy atom. The zero-order valence-electron chi connectivity index (χ0n) is 9.10. The molecule has 0 bridgehead atoms. The summed E-state index contributed by atoms with van der Waals surface area (Å²) in [5, 5.41) is 0. The van der Waals surface area contributed by atoms with Crippen LogP contribution in [-0.4, -0.2) is 23.9 Å². The van der Waals surface area contributed by atoms with Crippen molar-refractivity contribution in [1.29, 1.82) is 0 Å². The molecule has 0 aromatic rings. The third-order valence-corrected chi connectivity index (χ3v) is 2.00. The second kappa shape index (κ2) is 6.70.